The highest BCUT2D eigenvalue weighted by Gasteiger charge is 2.12. The van der Waals surface area contributed by atoms with E-state index in [0.717, 1.165) is 12.0 Å². The number of hydrogen-bond acceptors (Lipinski definition) is 15. The second kappa shape index (κ2) is 15.5. The van der Waals surface area contributed by atoms with Crippen LogP contribution in [-0.2, 0) is 29.3 Å². The molecule has 0 aromatic carbocycles. The van der Waals surface area contributed by atoms with Crippen LogP contribution in [0.3, 0.4) is 0 Å². The summed E-state index contributed by atoms with van der Waals surface area (Å²) < 4.78 is 71.3. The first-order valence-corrected chi connectivity index (χ1v) is 13.6. The Hall–Kier alpha value is -1.42. The Morgan fingerprint density at radius 1 is 1.03 bits per heavy atom. The van der Waals surface area contributed by atoms with Crippen molar-refractivity contribution in [1.29, 1.82) is 0 Å². The van der Waals surface area contributed by atoms with Gasteiger partial charge in [-0.2, -0.15) is 37.3 Å². The third-order valence-electron chi connectivity index (χ3n) is 3.72. The van der Waals surface area contributed by atoms with Crippen molar-refractivity contribution in [3.8, 4) is 0 Å². The molecular weight excluding hydrogens is 504 g/mol. The summed E-state index contributed by atoms with van der Waals surface area (Å²) in [6, 6.07) is 0. The molecular formula is C14H30N8O8S3. The van der Waals surface area contributed by atoms with Crippen LogP contribution in [0.1, 0.15) is 12.8 Å². The largest absolute Gasteiger partial charge is 0.370 e. The molecule has 1 heterocycles. The van der Waals surface area contributed by atoms with Gasteiger partial charge in [0, 0.05) is 20.2 Å². The normalized spacial score (nSPS) is 12.4. The molecule has 0 amide bonds. The van der Waals surface area contributed by atoms with Gasteiger partial charge in [-0.05, 0) is 25.9 Å². The van der Waals surface area contributed by atoms with E-state index in [-0.39, 0.29) is 43.0 Å². The van der Waals surface area contributed by atoms with Crippen LogP contribution in [0.25, 0.3) is 0 Å². The second-order valence-electron chi connectivity index (χ2n) is 6.52. The fourth-order valence-corrected chi connectivity index (χ4v) is 3.83. The van der Waals surface area contributed by atoms with E-state index in [1.807, 2.05) is 0 Å². The molecule has 0 bridgehead atoms. The zero-order valence-corrected chi connectivity index (χ0v) is 20.5. The van der Waals surface area contributed by atoms with E-state index in [2.05, 4.69) is 31.1 Å². The van der Waals surface area contributed by atoms with Crippen molar-refractivity contribution in [2.24, 2.45) is 0 Å². The summed E-state index contributed by atoms with van der Waals surface area (Å²) in [5.74, 6) is -0.694. The molecule has 0 aliphatic carbocycles. The van der Waals surface area contributed by atoms with Crippen LogP contribution in [-0.4, -0.2) is 104 Å². The van der Waals surface area contributed by atoms with Gasteiger partial charge in [-0.15, -0.1) is 0 Å². The third kappa shape index (κ3) is 16.8. The molecule has 7 N–H and O–H groups in total. The van der Waals surface area contributed by atoms with Gasteiger partial charge in [0.2, 0.25) is 17.1 Å². The number of aromatic nitrogens is 3. The summed E-state index contributed by atoms with van der Waals surface area (Å²) >= 11 is 0.828. The summed E-state index contributed by atoms with van der Waals surface area (Å²) in [5.41, 5.74) is 8.29. The lowest BCUT2D eigenvalue weighted by Gasteiger charge is -2.22. The number of nitrogens with two attached hydrogens (primary N) is 1. The Labute approximate surface area is 197 Å². The highest BCUT2D eigenvalue weighted by atomic mass is 32.2. The van der Waals surface area contributed by atoms with Crippen LogP contribution < -0.4 is 21.8 Å². The minimum atomic E-state index is -4.10. The molecule has 1 aromatic heterocycles. The van der Waals surface area contributed by atoms with E-state index in [1.54, 1.807) is 12.0 Å². The van der Waals surface area contributed by atoms with E-state index in [1.165, 1.54) is 0 Å². The summed E-state index contributed by atoms with van der Waals surface area (Å²) in [5, 5.41) is 6.01. The molecule has 0 aliphatic rings. The first-order valence-electron chi connectivity index (χ1n) is 9.62. The molecule has 1 aromatic rings. The maximum absolute atomic E-state index is 10.9. The van der Waals surface area contributed by atoms with Crippen LogP contribution in [0, 0.1) is 0 Å². The van der Waals surface area contributed by atoms with Crippen molar-refractivity contribution in [3.63, 3.8) is 0 Å². The number of rotatable bonds is 19. The monoisotopic (exact) mass is 534 g/mol. The number of hydroxylamine groups is 1. The van der Waals surface area contributed by atoms with E-state index in [0.29, 0.717) is 26.5 Å². The molecule has 0 saturated heterocycles. The molecule has 0 radical (unpaired) electrons. The number of nitrogen functional groups attached to an aromatic ring is 1. The fourth-order valence-electron chi connectivity index (χ4n) is 2.39. The summed E-state index contributed by atoms with van der Waals surface area (Å²) in [7, 11) is -6.65. The molecule has 0 atom stereocenters. The average molecular weight is 535 g/mol. The van der Waals surface area contributed by atoms with Crippen LogP contribution in [0.15, 0.2) is 5.16 Å². The molecule has 0 saturated carbocycles. The van der Waals surface area contributed by atoms with E-state index in [9.17, 15) is 16.8 Å². The van der Waals surface area contributed by atoms with Gasteiger partial charge in [0.1, 0.15) is 0 Å². The fraction of sp³-hybridized carbons (Fsp3) is 0.786. The van der Waals surface area contributed by atoms with Crippen LogP contribution in [0.2, 0.25) is 0 Å². The van der Waals surface area contributed by atoms with Gasteiger partial charge < -0.3 is 20.7 Å². The lowest BCUT2D eigenvalue weighted by atomic mass is 10.3. The number of hydrogen-bond donors (Lipinski definition) is 6. The highest BCUT2D eigenvalue weighted by molar-refractivity contribution is 7.94. The lowest BCUT2D eigenvalue weighted by Crippen LogP contribution is -2.33. The van der Waals surface area contributed by atoms with Gasteiger partial charge in [0.05, 0.1) is 36.9 Å². The highest BCUT2D eigenvalue weighted by Crippen LogP contribution is 2.15. The Kier molecular flexibility index (Phi) is 13.9. The van der Waals surface area contributed by atoms with E-state index in [4.69, 9.17) is 23.9 Å². The molecule has 192 valence electrons. The average Bonchev–Trinajstić information content (AvgIpc) is 2.68. The molecule has 0 unspecified atom stereocenters. The SMILES string of the molecule is COCNCNOSc1nc(N)nc(NCCN(CCCS(=O)(=O)O)CCCS(=O)(=O)O)n1. The maximum Gasteiger partial charge on any atom is 0.264 e. The molecule has 33 heavy (non-hydrogen) atoms. The number of ether oxygens (including phenoxy) is 1. The van der Waals surface area contributed by atoms with Crippen molar-refractivity contribution >= 4 is 44.2 Å². The van der Waals surface area contributed by atoms with Gasteiger partial charge in [-0.3, -0.25) is 14.4 Å². The van der Waals surface area contributed by atoms with Gasteiger partial charge in [-0.25, -0.2) is 4.28 Å². The number of nitrogens with one attached hydrogen (secondary N) is 3. The van der Waals surface area contributed by atoms with Gasteiger partial charge in [0.25, 0.3) is 20.2 Å². The molecule has 16 nitrogen and oxygen atoms in total. The van der Waals surface area contributed by atoms with Crippen molar-refractivity contribution in [2.45, 2.75) is 18.0 Å². The van der Waals surface area contributed by atoms with Gasteiger partial charge in [0.15, 0.2) is 0 Å². The Morgan fingerprint density at radius 3 is 2.24 bits per heavy atom. The quantitative estimate of drug-likeness (QED) is 0.0385. The van der Waals surface area contributed by atoms with Crippen molar-refractivity contribution in [2.75, 3.05) is 69.2 Å². The standard InChI is InChI=1S/C14H30N8O8S3/c1-29-11-16-10-18-30-31-14-20-12(15)19-13(21-14)17-4-7-22(5-2-8-32(23,24)25)6-3-9-33(26,27)28/h16,18H,2-11H2,1H3,(H,23,24,25)(H,26,27,28)(H3,15,17,19,20,21). The Bertz CT molecular complexity index is 868. The molecule has 0 fully saturated rings. The zero-order chi connectivity index (χ0) is 24.7. The zero-order valence-electron chi connectivity index (χ0n) is 18.0. The molecule has 0 spiro atoms. The number of anilines is 2. The minimum Gasteiger partial charge on any atom is -0.370 e. The van der Waals surface area contributed by atoms with Crippen LogP contribution >= 0.6 is 12.0 Å². The smallest absolute Gasteiger partial charge is 0.264 e. The number of methoxy groups -OCH3 is 1. The van der Waals surface area contributed by atoms with Crippen LogP contribution in [0.4, 0.5) is 11.9 Å². The first-order chi connectivity index (χ1) is 15.5. The van der Waals surface area contributed by atoms with Crippen molar-refractivity contribution in [1.82, 2.24) is 30.6 Å². The predicted molar refractivity (Wildman–Crippen MR) is 121 cm³/mol. The lowest BCUT2D eigenvalue weighted by molar-refractivity contribution is 0.148. The Morgan fingerprint density at radius 2 is 1.67 bits per heavy atom. The molecule has 19 heteroatoms. The number of nitrogens with zero attached hydrogens (tertiary/aromatic N) is 4. The maximum atomic E-state index is 10.9. The first kappa shape index (κ1) is 29.6. The summed E-state index contributed by atoms with van der Waals surface area (Å²) in [6.07, 6.45) is 0.293. The van der Waals surface area contributed by atoms with E-state index >= 15 is 0 Å². The topological polar surface area (TPSA) is 231 Å². The Balaban J connectivity index is 2.54. The van der Waals surface area contributed by atoms with Crippen molar-refractivity contribution < 1.29 is 35.0 Å². The second-order valence-corrected chi connectivity index (χ2v) is 10.4. The molecule has 0 aliphatic heterocycles. The van der Waals surface area contributed by atoms with Crippen LogP contribution in [0.5, 0.6) is 0 Å². The van der Waals surface area contributed by atoms with E-state index < -0.39 is 31.7 Å². The summed E-state index contributed by atoms with van der Waals surface area (Å²) in [6.45, 7) is 1.90. The minimum absolute atomic E-state index is 0.0331. The third-order valence-corrected chi connectivity index (χ3v) is 5.86. The predicted octanol–water partition coefficient (Wildman–Crippen LogP) is -1.60. The van der Waals surface area contributed by atoms with Crippen molar-refractivity contribution in [3.05, 3.63) is 0 Å². The summed E-state index contributed by atoms with van der Waals surface area (Å²) in [4.78, 5) is 13.8. The van der Waals surface area contributed by atoms with Gasteiger partial charge >= 0.3 is 0 Å². The molecule has 1 rings (SSSR count). The van der Waals surface area contributed by atoms with Gasteiger partial charge in [-0.1, -0.05) is 0 Å².